The molecule has 0 radical (unpaired) electrons. The Kier molecular flexibility index (Phi) is 5.15. The molecule has 0 fully saturated rings. The third-order valence-electron chi connectivity index (χ3n) is 4.48. The van der Waals surface area contributed by atoms with Gasteiger partial charge in [0, 0.05) is 31.2 Å². The Morgan fingerprint density at radius 1 is 1.19 bits per heavy atom. The number of carbonyl (C=O) groups is 1. The highest BCUT2D eigenvalue weighted by molar-refractivity contribution is 7.10. The van der Waals surface area contributed by atoms with E-state index in [0.29, 0.717) is 12.2 Å². The second-order valence-corrected chi connectivity index (χ2v) is 7.41. The average molecular weight is 373 g/mol. The average Bonchev–Trinajstić information content (AvgIpc) is 3.19. The molecule has 2 heterocycles. The van der Waals surface area contributed by atoms with Crippen LogP contribution in [-0.2, 0) is 14.1 Å². The lowest BCUT2D eigenvalue weighted by atomic mass is 10.2. The molecule has 138 valence electrons. The molecule has 1 aromatic carbocycles. The number of nitrogens with one attached hydrogen (secondary N) is 2. The number of aromatic nitrogens is 2. The van der Waals surface area contributed by atoms with Crippen molar-refractivity contribution in [2.45, 2.75) is 6.04 Å². The van der Waals surface area contributed by atoms with Crippen LogP contribution in [0, 0.1) is 0 Å². The first-order valence-corrected chi connectivity index (χ1v) is 9.16. The molecule has 2 N–H and O–H groups in total. The van der Waals surface area contributed by atoms with E-state index in [9.17, 15) is 9.59 Å². The lowest BCUT2D eigenvalue weighted by Crippen LogP contribution is -2.36. The molecule has 2 amide bonds. The minimum absolute atomic E-state index is 0.0913. The number of thiophene rings is 1. The maximum atomic E-state index is 12.3. The van der Waals surface area contributed by atoms with E-state index in [1.165, 1.54) is 4.88 Å². The topological polar surface area (TPSA) is 71.3 Å². The van der Waals surface area contributed by atoms with Crippen molar-refractivity contribution in [3.63, 3.8) is 0 Å². The number of anilines is 1. The number of rotatable bonds is 5. The molecule has 0 bridgehead atoms. The highest BCUT2D eigenvalue weighted by Gasteiger charge is 2.16. The van der Waals surface area contributed by atoms with Crippen LogP contribution in [0.2, 0.25) is 0 Å². The highest BCUT2D eigenvalue weighted by atomic mass is 32.1. The maximum absolute atomic E-state index is 12.3. The molecule has 0 spiro atoms. The van der Waals surface area contributed by atoms with Crippen molar-refractivity contribution in [3.8, 4) is 0 Å². The normalized spacial score (nSPS) is 12.5. The zero-order valence-electron chi connectivity index (χ0n) is 15.3. The molecule has 2 aromatic heterocycles. The van der Waals surface area contributed by atoms with E-state index in [-0.39, 0.29) is 17.8 Å². The predicted octanol–water partition coefficient (Wildman–Crippen LogP) is 2.36. The number of nitrogens with zero attached hydrogens (tertiary/aromatic N) is 3. The maximum Gasteiger partial charge on any atom is 0.328 e. The number of hydrogen-bond donors (Lipinski definition) is 2. The summed E-state index contributed by atoms with van der Waals surface area (Å²) in [7, 11) is 7.44. The van der Waals surface area contributed by atoms with Crippen molar-refractivity contribution in [1.82, 2.24) is 19.4 Å². The summed E-state index contributed by atoms with van der Waals surface area (Å²) < 4.78 is 3.15. The van der Waals surface area contributed by atoms with Gasteiger partial charge in [-0.3, -0.25) is 9.13 Å². The molecule has 0 aliphatic rings. The van der Waals surface area contributed by atoms with Crippen LogP contribution in [0.3, 0.4) is 0 Å². The Hall–Kier alpha value is -2.58. The van der Waals surface area contributed by atoms with E-state index in [1.54, 1.807) is 46.7 Å². The monoisotopic (exact) mass is 373 g/mol. The van der Waals surface area contributed by atoms with Crippen LogP contribution in [-0.4, -0.2) is 40.7 Å². The van der Waals surface area contributed by atoms with Crippen molar-refractivity contribution in [3.05, 3.63) is 51.1 Å². The first kappa shape index (κ1) is 18.2. The number of carbonyl (C=O) groups excluding carboxylic acids is 1. The molecule has 3 aromatic rings. The summed E-state index contributed by atoms with van der Waals surface area (Å²) >= 11 is 1.67. The van der Waals surface area contributed by atoms with Crippen molar-refractivity contribution in [2.24, 2.45) is 14.1 Å². The van der Waals surface area contributed by atoms with Gasteiger partial charge in [-0.05, 0) is 43.7 Å². The summed E-state index contributed by atoms with van der Waals surface area (Å²) in [5.74, 6) is 0. The number of hydrogen-bond acceptors (Lipinski definition) is 4. The summed E-state index contributed by atoms with van der Waals surface area (Å²) in [6, 6.07) is 9.37. The van der Waals surface area contributed by atoms with Crippen molar-refractivity contribution in [2.75, 3.05) is 26.0 Å². The van der Waals surface area contributed by atoms with E-state index < -0.39 is 0 Å². The van der Waals surface area contributed by atoms with Crippen LogP contribution in [0.15, 0.2) is 40.5 Å². The van der Waals surface area contributed by atoms with Crippen LogP contribution in [0.5, 0.6) is 0 Å². The van der Waals surface area contributed by atoms with Gasteiger partial charge in [0.15, 0.2) is 0 Å². The Morgan fingerprint density at radius 2 is 1.92 bits per heavy atom. The Labute approximate surface area is 155 Å². The second-order valence-electron chi connectivity index (χ2n) is 6.43. The molecule has 0 aliphatic carbocycles. The van der Waals surface area contributed by atoms with Gasteiger partial charge in [0.05, 0.1) is 17.1 Å². The predicted molar refractivity (Wildman–Crippen MR) is 106 cm³/mol. The summed E-state index contributed by atoms with van der Waals surface area (Å²) in [5.41, 5.74) is 2.16. The SMILES string of the molecule is CN(C)C(CNC(=O)Nc1ccc2c(c1)n(C)c(=O)n2C)c1cccs1. The number of benzene rings is 1. The first-order chi connectivity index (χ1) is 12.4. The van der Waals surface area contributed by atoms with Crippen LogP contribution >= 0.6 is 11.3 Å². The second kappa shape index (κ2) is 7.35. The number of fused-ring (bicyclic) bond motifs is 1. The minimum Gasteiger partial charge on any atom is -0.336 e. The van der Waals surface area contributed by atoms with Crippen molar-refractivity contribution in [1.29, 1.82) is 0 Å². The number of urea groups is 1. The summed E-state index contributed by atoms with van der Waals surface area (Å²) in [5, 5.41) is 7.79. The van der Waals surface area contributed by atoms with Gasteiger partial charge in [0.1, 0.15) is 0 Å². The fraction of sp³-hybridized carbons (Fsp3) is 0.333. The van der Waals surface area contributed by atoms with Crippen LogP contribution in [0.4, 0.5) is 10.5 Å². The van der Waals surface area contributed by atoms with E-state index >= 15 is 0 Å². The Bertz CT molecular complexity index is 972. The minimum atomic E-state index is -0.270. The summed E-state index contributed by atoms with van der Waals surface area (Å²) in [6.07, 6.45) is 0. The zero-order valence-corrected chi connectivity index (χ0v) is 16.1. The van der Waals surface area contributed by atoms with E-state index in [2.05, 4.69) is 21.6 Å². The lowest BCUT2D eigenvalue weighted by Gasteiger charge is -2.23. The molecule has 0 saturated heterocycles. The van der Waals surface area contributed by atoms with E-state index in [0.717, 1.165) is 11.0 Å². The number of amides is 2. The molecule has 26 heavy (non-hydrogen) atoms. The van der Waals surface area contributed by atoms with Gasteiger partial charge < -0.3 is 15.5 Å². The molecule has 3 rings (SSSR count). The van der Waals surface area contributed by atoms with Gasteiger partial charge in [0.25, 0.3) is 0 Å². The summed E-state index contributed by atoms with van der Waals surface area (Å²) in [4.78, 5) is 27.6. The molecule has 0 saturated carbocycles. The van der Waals surface area contributed by atoms with Gasteiger partial charge in [0.2, 0.25) is 0 Å². The lowest BCUT2D eigenvalue weighted by molar-refractivity contribution is 0.244. The Balaban J connectivity index is 1.69. The van der Waals surface area contributed by atoms with Gasteiger partial charge >= 0.3 is 11.7 Å². The third-order valence-corrected chi connectivity index (χ3v) is 5.45. The standard InChI is InChI=1S/C18H23N5O2S/c1-21(2)15(16-6-5-9-26-16)11-19-17(24)20-12-7-8-13-14(10-12)23(4)18(25)22(13)3/h5-10,15H,11H2,1-4H3,(H2,19,20,24). The van der Waals surface area contributed by atoms with Gasteiger partial charge in [-0.25, -0.2) is 9.59 Å². The first-order valence-electron chi connectivity index (χ1n) is 8.28. The van der Waals surface area contributed by atoms with E-state index in [4.69, 9.17) is 0 Å². The highest BCUT2D eigenvalue weighted by Crippen LogP contribution is 2.22. The molecule has 1 unspecified atom stereocenters. The van der Waals surface area contributed by atoms with Crippen LogP contribution in [0.25, 0.3) is 11.0 Å². The fourth-order valence-corrected chi connectivity index (χ4v) is 3.89. The fourth-order valence-electron chi connectivity index (χ4n) is 2.97. The zero-order chi connectivity index (χ0) is 18.8. The number of likely N-dealkylation sites (N-methyl/N-ethyl adjacent to an activating group) is 1. The number of aryl methyl sites for hydroxylation is 2. The van der Waals surface area contributed by atoms with Gasteiger partial charge in [-0.1, -0.05) is 6.07 Å². The molecule has 1 atom stereocenters. The quantitative estimate of drug-likeness (QED) is 0.721. The molecule has 8 heteroatoms. The smallest absolute Gasteiger partial charge is 0.328 e. The van der Waals surface area contributed by atoms with Crippen molar-refractivity contribution < 1.29 is 4.79 Å². The molecular formula is C18H23N5O2S. The third kappa shape index (κ3) is 3.51. The van der Waals surface area contributed by atoms with Crippen LogP contribution in [0.1, 0.15) is 10.9 Å². The Morgan fingerprint density at radius 3 is 2.58 bits per heavy atom. The largest absolute Gasteiger partial charge is 0.336 e. The van der Waals surface area contributed by atoms with Gasteiger partial charge in [-0.15, -0.1) is 11.3 Å². The molecular weight excluding hydrogens is 350 g/mol. The van der Waals surface area contributed by atoms with Crippen molar-refractivity contribution >= 4 is 34.1 Å². The van der Waals surface area contributed by atoms with Crippen LogP contribution < -0.4 is 16.3 Å². The molecule has 7 nitrogen and oxygen atoms in total. The summed E-state index contributed by atoms with van der Waals surface area (Å²) in [6.45, 7) is 0.505. The molecule has 0 aliphatic heterocycles. The van der Waals surface area contributed by atoms with E-state index in [1.807, 2.05) is 31.6 Å². The number of imidazole rings is 1. The van der Waals surface area contributed by atoms with Gasteiger partial charge in [-0.2, -0.15) is 0 Å².